The van der Waals surface area contributed by atoms with Crippen molar-refractivity contribution in [3.05, 3.63) is 35.4 Å². The van der Waals surface area contributed by atoms with Crippen LogP contribution in [-0.4, -0.2) is 29.7 Å². The topological polar surface area (TPSA) is 27.7 Å². The lowest BCUT2D eigenvalue weighted by atomic mass is 10.0. The molecule has 1 aromatic rings. The summed E-state index contributed by atoms with van der Waals surface area (Å²) < 4.78 is 42.6. The van der Waals surface area contributed by atoms with Crippen molar-refractivity contribution in [2.45, 2.75) is 58.3 Å². The van der Waals surface area contributed by atoms with E-state index < -0.39 is 17.6 Å². The molecule has 0 aliphatic rings. The molecule has 23 heavy (non-hydrogen) atoms. The van der Waals surface area contributed by atoms with E-state index in [2.05, 4.69) is 10.5 Å². The van der Waals surface area contributed by atoms with Gasteiger partial charge in [-0.05, 0) is 44.7 Å². The average Bonchev–Trinajstić information content (AvgIpc) is 2.52. The fourth-order valence-electron chi connectivity index (χ4n) is 2.47. The zero-order chi connectivity index (χ0) is 17.1. The van der Waals surface area contributed by atoms with Crippen LogP contribution in [0.4, 0.5) is 8.78 Å². The Kier molecular flexibility index (Phi) is 9.55. The number of unbranched alkanes of at least 4 members (excludes halogenated alkanes) is 3. The van der Waals surface area contributed by atoms with Crippen molar-refractivity contribution in [1.29, 1.82) is 0 Å². The molecule has 0 N–H and O–H groups in total. The minimum atomic E-state index is -1.04. The third-order valence-corrected chi connectivity index (χ3v) is 3.89. The molecule has 0 aliphatic heterocycles. The quantitative estimate of drug-likeness (QED) is 0.322. The van der Waals surface area contributed by atoms with Gasteiger partial charge in [0.1, 0.15) is 11.6 Å². The van der Waals surface area contributed by atoms with Crippen LogP contribution in [-0.2, 0) is 20.3 Å². The Morgan fingerprint density at radius 2 is 1.65 bits per heavy atom. The number of hydrogen-bond donors (Lipinski definition) is 0. The second kappa shape index (κ2) is 10.9. The van der Waals surface area contributed by atoms with E-state index in [1.54, 1.807) is 0 Å². The molecule has 0 unspecified atom stereocenters. The number of rotatable bonds is 12. The summed E-state index contributed by atoms with van der Waals surface area (Å²) in [4.78, 5) is 0. The van der Waals surface area contributed by atoms with Crippen molar-refractivity contribution in [3.63, 3.8) is 0 Å². The van der Waals surface area contributed by atoms with Crippen LogP contribution >= 0.6 is 0 Å². The first-order chi connectivity index (χ1) is 11.1. The van der Waals surface area contributed by atoms with Crippen molar-refractivity contribution in [1.82, 2.24) is 0 Å². The van der Waals surface area contributed by atoms with E-state index in [0.29, 0.717) is 31.6 Å². The summed E-state index contributed by atoms with van der Waals surface area (Å²) in [7, 11) is 3.03. The summed E-state index contributed by atoms with van der Waals surface area (Å²) in [6.45, 7) is 4.76. The molecule has 0 bridgehead atoms. The molecule has 0 spiro atoms. The number of halogens is 2. The van der Waals surface area contributed by atoms with E-state index in [1.165, 1.54) is 12.1 Å². The van der Waals surface area contributed by atoms with Crippen LogP contribution < -0.4 is 0 Å². The summed E-state index contributed by atoms with van der Waals surface area (Å²) in [5.41, 5.74) is 0.563. The van der Waals surface area contributed by atoms with Gasteiger partial charge in [-0.15, -0.1) is 0 Å². The molecule has 0 heterocycles. The molecular weight excluding hydrogens is 318 g/mol. The maximum absolute atomic E-state index is 13.5. The first-order valence-electron chi connectivity index (χ1n) is 8.13. The lowest BCUT2D eigenvalue weighted by molar-refractivity contribution is -0.344. The Balaban J connectivity index is 2.28. The van der Waals surface area contributed by atoms with Crippen molar-refractivity contribution >= 4 is 10.5 Å². The second-order valence-electron chi connectivity index (χ2n) is 5.30. The highest BCUT2D eigenvalue weighted by molar-refractivity contribution is 5.98. The summed E-state index contributed by atoms with van der Waals surface area (Å²) in [6, 6.07) is 3.74. The molecule has 6 heteroatoms. The zero-order valence-electron chi connectivity index (χ0n) is 13.9. The maximum atomic E-state index is 13.5. The Hall–Kier alpha value is -0.823. The Morgan fingerprint density at radius 1 is 1.00 bits per heavy atom. The van der Waals surface area contributed by atoms with Gasteiger partial charge in [-0.1, -0.05) is 18.9 Å². The molecule has 129 valence electrons. The Labute approximate surface area is 140 Å². The van der Waals surface area contributed by atoms with Gasteiger partial charge in [0, 0.05) is 25.7 Å². The highest BCUT2D eigenvalue weighted by Crippen LogP contribution is 2.23. The lowest BCUT2D eigenvalue weighted by Crippen LogP contribution is -2.38. The highest BCUT2D eigenvalue weighted by Gasteiger charge is 2.30. The van der Waals surface area contributed by atoms with E-state index in [1.807, 2.05) is 13.8 Å². The molecule has 0 aliphatic carbocycles. The third kappa shape index (κ3) is 7.08. The molecule has 0 saturated heterocycles. The molecule has 0 fully saturated rings. The van der Waals surface area contributed by atoms with Crippen LogP contribution in [0.3, 0.4) is 0 Å². The largest absolute Gasteiger partial charge is 0.371 e. The van der Waals surface area contributed by atoms with Crippen LogP contribution in [0.25, 0.3) is 0 Å². The minimum absolute atomic E-state index is 0.468. The van der Waals surface area contributed by atoms with E-state index in [9.17, 15) is 8.78 Å². The van der Waals surface area contributed by atoms with E-state index in [0.717, 1.165) is 31.7 Å². The second-order valence-corrected chi connectivity index (χ2v) is 5.51. The number of benzene rings is 1. The Morgan fingerprint density at radius 3 is 2.22 bits per heavy atom. The molecule has 3 nitrogen and oxygen atoms in total. The predicted molar refractivity (Wildman–Crippen MR) is 86.0 cm³/mol. The number of hydrogen-bond acceptors (Lipinski definition) is 3. The van der Waals surface area contributed by atoms with Crippen LogP contribution in [0.1, 0.15) is 51.5 Å². The standard InChI is InChI=1S/C17H25F2O3Si/c1-3-20-17(22-23,21-4-2)12-8-6-5-7-9-14-10-11-15(18)13-16(14)19/h10-11,13H,3-9,12H2,1-2H3. The number of aryl methyl sites for hydroxylation is 1. The minimum Gasteiger partial charge on any atom is -0.371 e. The summed E-state index contributed by atoms with van der Waals surface area (Å²) in [5.74, 6) is -2.04. The molecule has 0 saturated carbocycles. The highest BCUT2D eigenvalue weighted by atomic mass is 28.2. The average molecular weight is 343 g/mol. The van der Waals surface area contributed by atoms with Crippen molar-refractivity contribution in [2.75, 3.05) is 13.2 Å². The predicted octanol–water partition coefficient (Wildman–Crippen LogP) is 4.28. The summed E-state index contributed by atoms with van der Waals surface area (Å²) in [6.07, 6.45) is 4.86. The van der Waals surface area contributed by atoms with Gasteiger partial charge in [-0.2, -0.15) is 0 Å². The summed E-state index contributed by atoms with van der Waals surface area (Å²) in [5, 5.41) is 0. The van der Waals surface area contributed by atoms with Crippen molar-refractivity contribution < 1.29 is 22.7 Å². The van der Waals surface area contributed by atoms with Gasteiger partial charge in [0.05, 0.1) is 0 Å². The van der Waals surface area contributed by atoms with Crippen LogP contribution in [0.15, 0.2) is 18.2 Å². The van der Waals surface area contributed by atoms with Crippen LogP contribution in [0.2, 0.25) is 0 Å². The van der Waals surface area contributed by atoms with Crippen LogP contribution in [0, 0.1) is 11.6 Å². The van der Waals surface area contributed by atoms with E-state index in [4.69, 9.17) is 13.9 Å². The van der Waals surface area contributed by atoms with Gasteiger partial charge in [0.15, 0.2) is 0 Å². The van der Waals surface area contributed by atoms with Gasteiger partial charge >= 0.3 is 0 Å². The summed E-state index contributed by atoms with van der Waals surface area (Å²) >= 11 is 0. The van der Waals surface area contributed by atoms with Gasteiger partial charge < -0.3 is 13.9 Å². The SMILES string of the molecule is CCOC(CCCCCCc1ccc(F)cc1F)(O[Si])OCC. The van der Waals surface area contributed by atoms with Gasteiger partial charge in [-0.25, -0.2) is 8.78 Å². The van der Waals surface area contributed by atoms with Crippen molar-refractivity contribution in [3.8, 4) is 0 Å². The third-order valence-electron chi connectivity index (χ3n) is 3.58. The molecule has 0 aromatic heterocycles. The monoisotopic (exact) mass is 343 g/mol. The van der Waals surface area contributed by atoms with Gasteiger partial charge in [0.25, 0.3) is 16.5 Å². The van der Waals surface area contributed by atoms with E-state index >= 15 is 0 Å². The van der Waals surface area contributed by atoms with Crippen molar-refractivity contribution in [2.24, 2.45) is 0 Å². The van der Waals surface area contributed by atoms with Gasteiger partial charge in [-0.3, -0.25) is 0 Å². The van der Waals surface area contributed by atoms with Gasteiger partial charge in [0.2, 0.25) is 0 Å². The zero-order valence-corrected chi connectivity index (χ0v) is 14.9. The number of ether oxygens (including phenoxy) is 2. The molecular formula is C17H25F2O3Si. The normalized spacial score (nSPS) is 11.9. The molecule has 0 atom stereocenters. The lowest BCUT2D eigenvalue weighted by Gasteiger charge is -2.31. The van der Waals surface area contributed by atoms with E-state index in [-0.39, 0.29) is 0 Å². The Bertz CT molecular complexity index is 451. The fraction of sp³-hybridized carbons (Fsp3) is 0.647. The fourth-order valence-corrected chi connectivity index (χ4v) is 2.69. The molecule has 1 aromatic carbocycles. The maximum Gasteiger partial charge on any atom is 0.272 e. The smallest absolute Gasteiger partial charge is 0.272 e. The first-order valence-corrected chi connectivity index (χ1v) is 8.54. The molecule has 1 rings (SSSR count). The molecule has 3 radical (unpaired) electrons. The molecule has 0 amide bonds. The van der Waals surface area contributed by atoms with Crippen LogP contribution in [0.5, 0.6) is 0 Å². The first kappa shape index (κ1) is 20.2.